The van der Waals surface area contributed by atoms with Gasteiger partial charge in [-0.2, -0.15) is 0 Å². The molecular formula is C22H27N5O2. The van der Waals surface area contributed by atoms with Crippen molar-refractivity contribution in [3.05, 3.63) is 53.6 Å². The van der Waals surface area contributed by atoms with Gasteiger partial charge in [-0.15, -0.1) is 0 Å². The van der Waals surface area contributed by atoms with Crippen molar-refractivity contribution in [3.63, 3.8) is 0 Å². The third-order valence-corrected chi connectivity index (χ3v) is 6.16. The molecule has 0 aliphatic carbocycles. The molecule has 4 heterocycles. The quantitative estimate of drug-likeness (QED) is 0.735. The number of fused-ring (bicyclic) bond motifs is 2. The minimum atomic E-state index is -0.576. The van der Waals surface area contributed by atoms with Gasteiger partial charge >= 0.3 is 0 Å². The Balaban J connectivity index is 1.27. The van der Waals surface area contributed by atoms with Gasteiger partial charge in [0.05, 0.1) is 30.8 Å². The molecule has 1 unspecified atom stereocenters. The molecular weight excluding hydrogens is 366 g/mol. The summed E-state index contributed by atoms with van der Waals surface area (Å²) in [5.41, 5.74) is 4.07. The van der Waals surface area contributed by atoms with Crippen LogP contribution >= 0.6 is 0 Å². The highest BCUT2D eigenvalue weighted by atomic mass is 16.5. The van der Waals surface area contributed by atoms with E-state index in [4.69, 9.17) is 4.74 Å². The molecule has 7 heteroatoms. The lowest BCUT2D eigenvalue weighted by atomic mass is 10.0. The molecule has 2 aromatic heterocycles. The first-order valence-electron chi connectivity index (χ1n) is 10.4. The number of aromatic nitrogens is 3. The van der Waals surface area contributed by atoms with Crippen LogP contribution in [0, 0.1) is 0 Å². The van der Waals surface area contributed by atoms with Crippen molar-refractivity contribution in [1.29, 1.82) is 0 Å². The normalized spacial score (nSPS) is 19.2. The van der Waals surface area contributed by atoms with E-state index in [9.17, 15) is 5.11 Å². The number of ether oxygens (including phenoxy) is 1. The van der Waals surface area contributed by atoms with E-state index in [1.807, 2.05) is 16.8 Å². The topological polar surface area (TPSA) is 66.1 Å². The van der Waals surface area contributed by atoms with Crippen LogP contribution in [0.4, 0.5) is 5.82 Å². The minimum absolute atomic E-state index is 0.365. The van der Waals surface area contributed by atoms with Crippen LogP contribution < -0.4 is 9.64 Å². The van der Waals surface area contributed by atoms with E-state index in [-0.39, 0.29) is 0 Å². The van der Waals surface area contributed by atoms with E-state index in [2.05, 4.69) is 44.9 Å². The number of aliphatic hydroxyl groups excluding tert-OH is 1. The van der Waals surface area contributed by atoms with Gasteiger partial charge in [0.1, 0.15) is 11.6 Å². The van der Waals surface area contributed by atoms with Crippen LogP contribution in [0.5, 0.6) is 5.75 Å². The predicted octanol–water partition coefficient (Wildman–Crippen LogP) is 2.60. The summed E-state index contributed by atoms with van der Waals surface area (Å²) in [6, 6.07) is 7.05. The largest absolute Gasteiger partial charge is 0.493 e. The summed E-state index contributed by atoms with van der Waals surface area (Å²) in [5, 5.41) is 9.75. The minimum Gasteiger partial charge on any atom is -0.493 e. The molecule has 152 valence electrons. The Morgan fingerprint density at radius 2 is 1.93 bits per heavy atom. The van der Waals surface area contributed by atoms with Crippen molar-refractivity contribution < 1.29 is 9.84 Å². The van der Waals surface area contributed by atoms with Crippen molar-refractivity contribution in [2.45, 2.75) is 32.4 Å². The number of aliphatic hydroxyl groups is 1. The molecule has 2 aliphatic rings. The van der Waals surface area contributed by atoms with Gasteiger partial charge in [-0.05, 0) is 31.0 Å². The molecule has 29 heavy (non-hydrogen) atoms. The molecule has 1 aromatic carbocycles. The summed E-state index contributed by atoms with van der Waals surface area (Å²) >= 11 is 0. The Morgan fingerprint density at radius 3 is 2.72 bits per heavy atom. The highest BCUT2D eigenvalue weighted by molar-refractivity contribution is 5.46. The van der Waals surface area contributed by atoms with Gasteiger partial charge in [-0.3, -0.25) is 4.90 Å². The van der Waals surface area contributed by atoms with Crippen LogP contribution in [0.2, 0.25) is 0 Å². The Morgan fingerprint density at radius 1 is 1.10 bits per heavy atom. The summed E-state index contributed by atoms with van der Waals surface area (Å²) in [6.45, 7) is 8.65. The van der Waals surface area contributed by atoms with Crippen molar-refractivity contribution in [1.82, 2.24) is 19.3 Å². The number of rotatable bonds is 4. The van der Waals surface area contributed by atoms with Gasteiger partial charge in [0, 0.05) is 44.8 Å². The first-order chi connectivity index (χ1) is 14.1. The second-order valence-electron chi connectivity index (χ2n) is 8.02. The van der Waals surface area contributed by atoms with Crippen molar-refractivity contribution in [2.75, 3.05) is 37.7 Å². The van der Waals surface area contributed by atoms with E-state index in [1.165, 1.54) is 11.1 Å². The number of imidazole rings is 1. The van der Waals surface area contributed by atoms with Gasteiger partial charge in [-0.25, -0.2) is 9.97 Å². The standard InChI is InChI=1S/C22H27N5O2/c1-15(18-4-3-17-5-10-29-20(17)11-18)25-6-8-26(9-7-25)22-14-27-13-19(16(2)28)24-21(27)12-23-22/h3-4,11-16,28H,5-10H2,1-2H3/t15-,16?/m0/s1. The molecule has 1 N–H and O–H groups in total. The van der Waals surface area contributed by atoms with E-state index in [0.29, 0.717) is 11.7 Å². The number of nitrogens with zero attached hydrogens (tertiary/aromatic N) is 5. The van der Waals surface area contributed by atoms with Gasteiger partial charge in [0.2, 0.25) is 0 Å². The van der Waals surface area contributed by atoms with Crippen LogP contribution in [-0.2, 0) is 6.42 Å². The van der Waals surface area contributed by atoms with Gasteiger partial charge < -0.3 is 19.1 Å². The summed E-state index contributed by atoms with van der Waals surface area (Å²) in [6.07, 6.45) is 6.11. The van der Waals surface area contributed by atoms with Crippen LogP contribution in [0.15, 0.2) is 36.8 Å². The van der Waals surface area contributed by atoms with E-state index < -0.39 is 6.10 Å². The van der Waals surface area contributed by atoms with E-state index in [0.717, 1.165) is 56.4 Å². The fourth-order valence-corrected chi connectivity index (χ4v) is 4.26. The molecule has 0 radical (unpaired) electrons. The molecule has 1 fully saturated rings. The molecule has 3 aromatic rings. The first-order valence-corrected chi connectivity index (χ1v) is 10.4. The van der Waals surface area contributed by atoms with Crippen LogP contribution in [0.25, 0.3) is 5.65 Å². The second-order valence-corrected chi connectivity index (χ2v) is 8.02. The van der Waals surface area contributed by atoms with E-state index in [1.54, 1.807) is 13.1 Å². The second kappa shape index (κ2) is 7.31. The number of hydrogen-bond donors (Lipinski definition) is 1. The molecule has 0 spiro atoms. The molecule has 0 amide bonds. The first kappa shape index (κ1) is 18.4. The molecule has 2 atom stereocenters. The predicted molar refractivity (Wildman–Crippen MR) is 111 cm³/mol. The number of anilines is 1. The molecule has 0 bridgehead atoms. The summed E-state index contributed by atoms with van der Waals surface area (Å²) in [7, 11) is 0. The molecule has 1 saturated heterocycles. The third kappa shape index (κ3) is 3.45. The fraction of sp³-hybridized carbons (Fsp3) is 0.455. The number of hydrogen-bond acceptors (Lipinski definition) is 6. The Kier molecular flexibility index (Phi) is 4.64. The Labute approximate surface area is 170 Å². The van der Waals surface area contributed by atoms with Gasteiger partial charge in [-0.1, -0.05) is 12.1 Å². The lowest BCUT2D eigenvalue weighted by Gasteiger charge is -2.38. The molecule has 0 saturated carbocycles. The molecule has 7 nitrogen and oxygen atoms in total. The zero-order valence-corrected chi connectivity index (χ0v) is 17.0. The highest BCUT2D eigenvalue weighted by Gasteiger charge is 2.24. The monoisotopic (exact) mass is 393 g/mol. The average molecular weight is 393 g/mol. The number of benzene rings is 1. The summed E-state index contributed by atoms with van der Waals surface area (Å²) in [4.78, 5) is 13.8. The summed E-state index contributed by atoms with van der Waals surface area (Å²) < 4.78 is 7.69. The molecule has 5 rings (SSSR count). The Hall–Kier alpha value is -2.64. The van der Waals surface area contributed by atoms with Crippen LogP contribution in [-0.4, -0.2) is 57.2 Å². The lowest BCUT2D eigenvalue weighted by molar-refractivity contribution is 0.195. The van der Waals surface area contributed by atoms with Gasteiger partial charge in [0.15, 0.2) is 5.65 Å². The average Bonchev–Trinajstić information content (AvgIpc) is 3.39. The zero-order valence-electron chi connectivity index (χ0n) is 17.0. The van der Waals surface area contributed by atoms with Crippen molar-refractivity contribution >= 4 is 11.5 Å². The van der Waals surface area contributed by atoms with E-state index >= 15 is 0 Å². The maximum atomic E-state index is 9.75. The smallest absolute Gasteiger partial charge is 0.155 e. The highest BCUT2D eigenvalue weighted by Crippen LogP contribution is 2.31. The maximum Gasteiger partial charge on any atom is 0.155 e. The zero-order chi connectivity index (χ0) is 20.0. The third-order valence-electron chi connectivity index (χ3n) is 6.16. The molecule has 2 aliphatic heterocycles. The number of piperazine rings is 1. The van der Waals surface area contributed by atoms with Crippen LogP contribution in [0.3, 0.4) is 0 Å². The van der Waals surface area contributed by atoms with Crippen molar-refractivity contribution in [3.8, 4) is 5.75 Å². The lowest BCUT2D eigenvalue weighted by Crippen LogP contribution is -2.47. The Bertz CT molecular complexity index is 1020. The SMILES string of the molecule is CC(O)c1cn2cc(N3CCN([C@@H](C)c4ccc5c(c4)OCC5)CC3)ncc2n1. The summed E-state index contributed by atoms with van der Waals surface area (Å²) in [5.74, 6) is 2.01. The van der Waals surface area contributed by atoms with Crippen LogP contribution in [0.1, 0.15) is 42.8 Å². The van der Waals surface area contributed by atoms with Crippen molar-refractivity contribution in [2.24, 2.45) is 0 Å². The van der Waals surface area contributed by atoms with Gasteiger partial charge in [0.25, 0.3) is 0 Å². The fourth-order valence-electron chi connectivity index (χ4n) is 4.26. The maximum absolute atomic E-state index is 9.75.